The number of hydrogen-bond donors (Lipinski definition) is 2. The molecular weight excluding hydrogens is 450 g/mol. The van der Waals surface area contributed by atoms with Gasteiger partial charge in [-0.3, -0.25) is 4.57 Å². The molecule has 0 aliphatic heterocycles. The van der Waals surface area contributed by atoms with E-state index in [2.05, 4.69) is 13.0 Å². The van der Waals surface area contributed by atoms with Crippen LogP contribution in [0.1, 0.15) is 128 Å². The molecule has 4 nitrogen and oxygen atoms in total. The van der Waals surface area contributed by atoms with Gasteiger partial charge in [-0.15, -0.1) is 0 Å². The summed E-state index contributed by atoms with van der Waals surface area (Å²) in [7, 11) is -3.82. The van der Waals surface area contributed by atoms with Crippen LogP contribution < -0.4 is 4.74 Å². The van der Waals surface area contributed by atoms with Gasteiger partial charge < -0.3 is 14.5 Å². The first kappa shape index (κ1) is 29.3. The lowest BCUT2D eigenvalue weighted by molar-refractivity contribution is 0.287. The van der Waals surface area contributed by atoms with Crippen LogP contribution in [0.2, 0.25) is 0 Å². The predicted octanol–water partition coefficient (Wildman–Crippen LogP) is 8.75. The zero-order valence-electron chi connectivity index (χ0n) is 21.4. The van der Waals surface area contributed by atoms with Gasteiger partial charge in [0.05, 0.1) is 6.61 Å². The van der Waals surface area contributed by atoms with Crippen molar-refractivity contribution < 1.29 is 23.5 Å². The highest BCUT2D eigenvalue weighted by atomic mass is 31.2. The van der Waals surface area contributed by atoms with Crippen molar-refractivity contribution in [1.29, 1.82) is 0 Å². The van der Waals surface area contributed by atoms with Gasteiger partial charge in [-0.25, -0.2) is 4.39 Å². The van der Waals surface area contributed by atoms with Gasteiger partial charge >= 0.3 is 7.60 Å². The van der Waals surface area contributed by atoms with Crippen molar-refractivity contribution in [2.45, 2.75) is 122 Å². The Kier molecular flexibility index (Phi) is 14.4. The SMILES string of the molecule is CCCCCC1CCC(c2ccc(OCCCCCCCCCCCP(=O)(O)O)c(F)c2)CC1. The van der Waals surface area contributed by atoms with Crippen LogP contribution >= 0.6 is 7.60 Å². The third-order valence-corrected chi connectivity index (χ3v) is 8.24. The van der Waals surface area contributed by atoms with Gasteiger partial charge in [0.2, 0.25) is 0 Å². The number of hydrogen-bond acceptors (Lipinski definition) is 2. The molecule has 1 aliphatic carbocycles. The van der Waals surface area contributed by atoms with Crippen LogP contribution in [0.3, 0.4) is 0 Å². The van der Waals surface area contributed by atoms with Crippen molar-refractivity contribution in [3.05, 3.63) is 29.6 Å². The van der Waals surface area contributed by atoms with Gasteiger partial charge in [0.25, 0.3) is 0 Å². The highest BCUT2D eigenvalue weighted by Crippen LogP contribution is 2.39. The maximum atomic E-state index is 14.6. The topological polar surface area (TPSA) is 66.8 Å². The van der Waals surface area contributed by atoms with Crippen molar-refractivity contribution in [3.8, 4) is 5.75 Å². The Labute approximate surface area is 207 Å². The van der Waals surface area contributed by atoms with Crippen molar-refractivity contribution in [1.82, 2.24) is 0 Å². The summed E-state index contributed by atoms with van der Waals surface area (Å²) in [5.41, 5.74) is 1.14. The monoisotopic (exact) mass is 498 g/mol. The summed E-state index contributed by atoms with van der Waals surface area (Å²) in [5, 5.41) is 0. The Hall–Kier alpha value is -0.900. The first-order valence-electron chi connectivity index (χ1n) is 13.9. The minimum absolute atomic E-state index is 0.0104. The molecule has 0 aromatic heterocycles. The third-order valence-electron chi connectivity index (χ3n) is 7.34. The Bertz CT molecular complexity index is 712. The number of rotatable bonds is 18. The quantitative estimate of drug-likeness (QED) is 0.157. The average Bonchev–Trinajstić information content (AvgIpc) is 2.80. The van der Waals surface area contributed by atoms with Crippen molar-refractivity contribution in [2.75, 3.05) is 12.8 Å². The molecule has 1 aromatic rings. The van der Waals surface area contributed by atoms with E-state index >= 15 is 0 Å². The molecule has 0 heterocycles. The van der Waals surface area contributed by atoms with Gasteiger partial charge in [-0.2, -0.15) is 0 Å². The Balaban J connectivity index is 1.52. The molecule has 2 N–H and O–H groups in total. The lowest BCUT2D eigenvalue weighted by atomic mass is 9.77. The van der Waals surface area contributed by atoms with E-state index in [1.165, 1.54) is 57.8 Å². The molecule has 0 saturated heterocycles. The second-order valence-electron chi connectivity index (χ2n) is 10.3. The maximum Gasteiger partial charge on any atom is 0.325 e. The second kappa shape index (κ2) is 16.7. The van der Waals surface area contributed by atoms with E-state index in [0.717, 1.165) is 56.4 Å². The molecule has 196 valence electrons. The van der Waals surface area contributed by atoms with Gasteiger partial charge in [0.15, 0.2) is 11.6 Å². The summed E-state index contributed by atoms with van der Waals surface area (Å²) in [5.74, 6) is 1.53. The zero-order valence-corrected chi connectivity index (χ0v) is 22.3. The fourth-order valence-corrected chi connectivity index (χ4v) is 5.83. The van der Waals surface area contributed by atoms with Crippen LogP contribution in [-0.2, 0) is 4.57 Å². The summed E-state index contributed by atoms with van der Waals surface area (Å²) >= 11 is 0. The minimum Gasteiger partial charge on any atom is -0.491 e. The summed E-state index contributed by atoms with van der Waals surface area (Å²) < 4.78 is 31.1. The van der Waals surface area contributed by atoms with Crippen LogP contribution in [0.15, 0.2) is 18.2 Å². The van der Waals surface area contributed by atoms with Crippen LogP contribution in [0.4, 0.5) is 4.39 Å². The maximum absolute atomic E-state index is 14.6. The van der Waals surface area contributed by atoms with Crippen LogP contribution in [0.5, 0.6) is 5.75 Å². The number of unbranched alkanes of at least 4 members (excludes halogenated alkanes) is 10. The smallest absolute Gasteiger partial charge is 0.325 e. The van der Waals surface area contributed by atoms with Crippen LogP contribution in [0, 0.1) is 11.7 Å². The summed E-state index contributed by atoms with van der Waals surface area (Å²) in [4.78, 5) is 17.7. The summed E-state index contributed by atoms with van der Waals surface area (Å²) in [6.07, 6.45) is 19.5. The van der Waals surface area contributed by atoms with Gasteiger partial charge in [0.1, 0.15) is 0 Å². The van der Waals surface area contributed by atoms with E-state index in [9.17, 15) is 8.96 Å². The molecule has 0 atom stereocenters. The van der Waals surface area contributed by atoms with Crippen molar-refractivity contribution in [2.24, 2.45) is 5.92 Å². The molecule has 1 aliphatic rings. The molecule has 0 bridgehead atoms. The molecule has 34 heavy (non-hydrogen) atoms. The normalized spacial score (nSPS) is 18.8. The van der Waals surface area contributed by atoms with Gasteiger partial charge in [-0.05, 0) is 68.1 Å². The molecule has 0 amide bonds. The first-order valence-corrected chi connectivity index (χ1v) is 15.7. The Morgan fingerprint density at radius 1 is 0.882 bits per heavy atom. The third kappa shape index (κ3) is 12.7. The van der Waals surface area contributed by atoms with E-state index in [-0.39, 0.29) is 12.0 Å². The van der Waals surface area contributed by atoms with Crippen LogP contribution in [-0.4, -0.2) is 22.6 Å². The number of ether oxygens (including phenoxy) is 1. The number of halogens is 1. The largest absolute Gasteiger partial charge is 0.491 e. The van der Waals surface area contributed by atoms with E-state index < -0.39 is 7.60 Å². The van der Waals surface area contributed by atoms with Crippen molar-refractivity contribution >= 4 is 7.60 Å². The molecule has 1 saturated carbocycles. The Morgan fingerprint density at radius 3 is 2.09 bits per heavy atom. The molecule has 2 rings (SSSR count). The molecule has 1 aromatic carbocycles. The lowest BCUT2D eigenvalue weighted by Crippen LogP contribution is -2.13. The molecular formula is C28H48FO4P. The Morgan fingerprint density at radius 2 is 1.50 bits per heavy atom. The molecule has 0 spiro atoms. The molecule has 0 unspecified atom stereocenters. The van der Waals surface area contributed by atoms with E-state index in [0.29, 0.717) is 24.7 Å². The first-order chi connectivity index (χ1) is 16.4. The van der Waals surface area contributed by atoms with E-state index in [4.69, 9.17) is 14.5 Å². The molecule has 1 fully saturated rings. The van der Waals surface area contributed by atoms with Crippen LogP contribution in [0.25, 0.3) is 0 Å². The molecule has 0 radical (unpaired) electrons. The minimum atomic E-state index is -3.82. The van der Waals surface area contributed by atoms with Crippen molar-refractivity contribution in [3.63, 3.8) is 0 Å². The molecule has 6 heteroatoms. The predicted molar refractivity (Wildman–Crippen MR) is 139 cm³/mol. The van der Waals surface area contributed by atoms with E-state index in [1.54, 1.807) is 6.07 Å². The second-order valence-corrected chi connectivity index (χ2v) is 12.1. The zero-order chi connectivity index (χ0) is 24.7. The lowest BCUT2D eigenvalue weighted by Gasteiger charge is -2.29. The average molecular weight is 499 g/mol. The van der Waals surface area contributed by atoms with Gasteiger partial charge in [-0.1, -0.05) is 83.6 Å². The highest BCUT2D eigenvalue weighted by molar-refractivity contribution is 7.51. The fourth-order valence-electron chi connectivity index (χ4n) is 5.19. The fraction of sp³-hybridized carbons (Fsp3) is 0.786. The standard InChI is InChI=1S/C28H48FO4P/c1-2-3-11-14-24-15-17-25(18-16-24)26-19-20-28(27(29)23-26)33-21-12-9-7-5-4-6-8-10-13-22-34(30,31)32/h19-20,23-25H,2-18,21-22H2,1H3,(H2,30,31,32). The highest BCUT2D eigenvalue weighted by Gasteiger charge is 2.23. The van der Waals surface area contributed by atoms with Gasteiger partial charge in [0, 0.05) is 6.16 Å². The summed E-state index contributed by atoms with van der Waals surface area (Å²) in [6, 6.07) is 5.60. The summed E-state index contributed by atoms with van der Waals surface area (Å²) in [6.45, 7) is 2.81. The number of benzene rings is 1. The van der Waals surface area contributed by atoms with E-state index in [1.807, 2.05) is 6.07 Å².